The van der Waals surface area contributed by atoms with Crippen LogP contribution in [0.25, 0.3) is 0 Å². The van der Waals surface area contributed by atoms with E-state index >= 15 is 0 Å². The highest BCUT2D eigenvalue weighted by molar-refractivity contribution is 6.30. The molecule has 1 amide bonds. The van der Waals surface area contributed by atoms with E-state index in [9.17, 15) is 4.79 Å². The molecule has 4 nitrogen and oxygen atoms in total. The minimum absolute atomic E-state index is 0.0170. The number of carbonyl (C=O) groups excluding carboxylic acids is 1. The van der Waals surface area contributed by atoms with Gasteiger partial charge < -0.3 is 14.4 Å². The van der Waals surface area contributed by atoms with Gasteiger partial charge in [-0.3, -0.25) is 4.79 Å². The van der Waals surface area contributed by atoms with Crippen molar-refractivity contribution in [3.8, 4) is 5.75 Å². The Morgan fingerprint density at radius 1 is 1.17 bits per heavy atom. The van der Waals surface area contributed by atoms with Crippen molar-refractivity contribution in [3.63, 3.8) is 0 Å². The molecule has 0 radical (unpaired) electrons. The van der Waals surface area contributed by atoms with E-state index in [1.807, 2.05) is 30.3 Å². The van der Waals surface area contributed by atoms with Gasteiger partial charge in [-0.2, -0.15) is 0 Å². The van der Waals surface area contributed by atoms with Crippen LogP contribution in [0.5, 0.6) is 5.75 Å². The third-order valence-electron chi connectivity index (χ3n) is 3.77. The maximum Gasteiger partial charge on any atom is 0.260 e. The summed E-state index contributed by atoms with van der Waals surface area (Å²) in [6, 6.07) is 16.9. The van der Waals surface area contributed by atoms with Gasteiger partial charge in [-0.1, -0.05) is 41.9 Å². The number of hydrogen-bond acceptors (Lipinski definition) is 3. The summed E-state index contributed by atoms with van der Waals surface area (Å²) in [6.07, 6.45) is -0.0792. The first-order valence-corrected chi connectivity index (χ1v) is 7.93. The number of amides is 1. The van der Waals surface area contributed by atoms with Gasteiger partial charge in [-0.05, 0) is 29.8 Å². The Morgan fingerprint density at radius 2 is 1.91 bits per heavy atom. The van der Waals surface area contributed by atoms with Gasteiger partial charge in [0, 0.05) is 11.6 Å². The van der Waals surface area contributed by atoms with Crippen LogP contribution in [0.2, 0.25) is 5.02 Å². The number of morpholine rings is 1. The molecule has 1 aliphatic rings. The van der Waals surface area contributed by atoms with Crippen molar-refractivity contribution < 1.29 is 14.3 Å². The average molecular weight is 332 g/mol. The minimum atomic E-state index is -0.0792. The summed E-state index contributed by atoms with van der Waals surface area (Å²) in [5, 5.41) is 0.641. The summed E-state index contributed by atoms with van der Waals surface area (Å²) in [5.41, 5.74) is 1.09. The molecule has 1 aliphatic heterocycles. The molecule has 2 aromatic rings. The van der Waals surface area contributed by atoms with Crippen LogP contribution in [0.15, 0.2) is 54.6 Å². The first-order chi connectivity index (χ1) is 11.2. The third-order valence-corrected chi connectivity index (χ3v) is 4.02. The number of nitrogens with zero attached hydrogens (tertiary/aromatic N) is 1. The molecule has 1 unspecified atom stereocenters. The van der Waals surface area contributed by atoms with Crippen LogP contribution in [0.3, 0.4) is 0 Å². The molecule has 120 valence electrons. The highest BCUT2D eigenvalue weighted by atomic mass is 35.5. The Morgan fingerprint density at radius 3 is 2.65 bits per heavy atom. The molecular formula is C18H18ClNO3. The topological polar surface area (TPSA) is 38.8 Å². The molecule has 0 aliphatic carbocycles. The van der Waals surface area contributed by atoms with E-state index in [1.54, 1.807) is 29.2 Å². The quantitative estimate of drug-likeness (QED) is 0.862. The molecule has 1 atom stereocenters. The average Bonchev–Trinajstić information content (AvgIpc) is 2.62. The van der Waals surface area contributed by atoms with E-state index in [4.69, 9.17) is 21.1 Å². The lowest BCUT2D eigenvalue weighted by molar-refractivity contribution is -0.141. The van der Waals surface area contributed by atoms with E-state index in [1.165, 1.54) is 0 Å². The van der Waals surface area contributed by atoms with Crippen LogP contribution in [0.1, 0.15) is 11.7 Å². The number of benzene rings is 2. The highest BCUT2D eigenvalue weighted by Crippen LogP contribution is 2.22. The summed E-state index contributed by atoms with van der Waals surface area (Å²) in [5.74, 6) is 0.597. The standard InChI is InChI=1S/C18H18ClNO3/c19-15-6-8-16(9-7-15)23-13-18(21)20-10-11-22-17(12-20)14-4-2-1-3-5-14/h1-9,17H,10-13H2. The van der Waals surface area contributed by atoms with Gasteiger partial charge in [0.2, 0.25) is 0 Å². The normalized spacial score (nSPS) is 17.8. The smallest absolute Gasteiger partial charge is 0.260 e. The van der Waals surface area contributed by atoms with Crippen molar-refractivity contribution in [2.45, 2.75) is 6.10 Å². The van der Waals surface area contributed by atoms with Crippen molar-refractivity contribution in [2.75, 3.05) is 26.3 Å². The van der Waals surface area contributed by atoms with Gasteiger partial charge in [0.1, 0.15) is 11.9 Å². The molecule has 5 heteroatoms. The fraction of sp³-hybridized carbons (Fsp3) is 0.278. The number of halogens is 1. The second-order valence-electron chi connectivity index (χ2n) is 5.35. The van der Waals surface area contributed by atoms with Crippen LogP contribution in [-0.2, 0) is 9.53 Å². The Kier molecular flexibility index (Phi) is 5.16. The summed E-state index contributed by atoms with van der Waals surface area (Å²) >= 11 is 5.83. The predicted molar refractivity (Wildman–Crippen MR) is 88.7 cm³/mol. The molecule has 0 bridgehead atoms. The molecule has 0 spiro atoms. The van der Waals surface area contributed by atoms with E-state index in [0.717, 1.165) is 5.56 Å². The molecule has 1 heterocycles. The van der Waals surface area contributed by atoms with Crippen molar-refractivity contribution >= 4 is 17.5 Å². The monoisotopic (exact) mass is 331 g/mol. The van der Waals surface area contributed by atoms with Gasteiger partial charge in [-0.25, -0.2) is 0 Å². The second kappa shape index (κ2) is 7.49. The van der Waals surface area contributed by atoms with Crippen LogP contribution in [0.4, 0.5) is 0 Å². The lowest BCUT2D eigenvalue weighted by atomic mass is 10.1. The molecule has 3 rings (SSSR count). The summed E-state index contributed by atoms with van der Waals surface area (Å²) in [4.78, 5) is 14.1. The zero-order chi connectivity index (χ0) is 16.1. The lowest BCUT2D eigenvalue weighted by Crippen LogP contribution is -2.44. The zero-order valence-electron chi connectivity index (χ0n) is 12.7. The fourth-order valence-corrected chi connectivity index (χ4v) is 2.64. The molecule has 1 saturated heterocycles. The molecule has 2 aromatic carbocycles. The molecule has 0 N–H and O–H groups in total. The Balaban J connectivity index is 1.55. The van der Waals surface area contributed by atoms with Gasteiger partial charge in [-0.15, -0.1) is 0 Å². The van der Waals surface area contributed by atoms with Crippen molar-refractivity contribution in [3.05, 3.63) is 65.2 Å². The van der Waals surface area contributed by atoms with E-state index in [2.05, 4.69) is 0 Å². The molecule has 0 saturated carbocycles. The Bertz CT molecular complexity index is 645. The number of hydrogen-bond donors (Lipinski definition) is 0. The van der Waals surface area contributed by atoms with E-state index in [0.29, 0.717) is 30.5 Å². The largest absolute Gasteiger partial charge is 0.484 e. The fourth-order valence-electron chi connectivity index (χ4n) is 2.51. The van der Waals surface area contributed by atoms with Crippen molar-refractivity contribution in [2.24, 2.45) is 0 Å². The first kappa shape index (κ1) is 15.8. The summed E-state index contributed by atoms with van der Waals surface area (Å²) in [6.45, 7) is 1.69. The lowest BCUT2D eigenvalue weighted by Gasteiger charge is -2.33. The second-order valence-corrected chi connectivity index (χ2v) is 5.79. The van der Waals surface area contributed by atoms with Crippen LogP contribution >= 0.6 is 11.6 Å². The van der Waals surface area contributed by atoms with E-state index < -0.39 is 0 Å². The predicted octanol–water partition coefficient (Wildman–Crippen LogP) is 3.32. The summed E-state index contributed by atoms with van der Waals surface area (Å²) < 4.78 is 11.3. The van der Waals surface area contributed by atoms with Crippen molar-refractivity contribution in [1.82, 2.24) is 4.90 Å². The first-order valence-electron chi connectivity index (χ1n) is 7.55. The molecule has 23 heavy (non-hydrogen) atoms. The zero-order valence-corrected chi connectivity index (χ0v) is 13.4. The van der Waals surface area contributed by atoms with Gasteiger partial charge in [0.05, 0.1) is 13.2 Å². The summed E-state index contributed by atoms with van der Waals surface area (Å²) in [7, 11) is 0. The SMILES string of the molecule is O=C(COc1ccc(Cl)cc1)N1CCOC(c2ccccc2)C1. The Hall–Kier alpha value is -2.04. The molecule has 1 fully saturated rings. The molecule has 0 aromatic heterocycles. The van der Waals surface area contributed by atoms with Gasteiger partial charge >= 0.3 is 0 Å². The van der Waals surface area contributed by atoms with Crippen molar-refractivity contribution in [1.29, 1.82) is 0 Å². The van der Waals surface area contributed by atoms with E-state index in [-0.39, 0.29) is 18.6 Å². The Labute approximate surface area is 140 Å². The van der Waals surface area contributed by atoms with Gasteiger partial charge in [0.25, 0.3) is 5.91 Å². The van der Waals surface area contributed by atoms with Gasteiger partial charge in [0.15, 0.2) is 6.61 Å². The number of ether oxygens (including phenoxy) is 2. The highest BCUT2D eigenvalue weighted by Gasteiger charge is 2.25. The minimum Gasteiger partial charge on any atom is -0.484 e. The maximum atomic E-state index is 12.3. The van der Waals surface area contributed by atoms with Crippen LogP contribution < -0.4 is 4.74 Å². The van der Waals surface area contributed by atoms with Crippen LogP contribution in [-0.4, -0.2) is 37.1 Å². The molecular weight excluding hydrogens is 314 g/mol. The number of carbonyl (C=O) groups is 1. The van der Waals surface area contributed by atoms with Crippen LogP contribution in [0, 0.1) is 0 Å². The third kappa shape index (κ3) is 4.24. The number of rotatable bonds is 4. The maximum absolute atomic E-state index is 12.3.